The Kier molecular flexibility index (Phi) is 6.33. The number of rotatable bonds is 6. The molecule has 1 aliphatic heterocycles. The maximum absolute atomic E-state index is 13.1. The third kappa shape index (κ3) is 4.16. The fourth-order valence-corrected chi connectivity index (χ4v) is 5.04. The van der Waals surface area contributed by atoms with E-state index in [0.29, 0.717) is 42.8 Å². The minimum Gasteiger partial charge on any atom is -0.373 e. The van der Waals surface area contributed by atoms with E-state index < -0.39 is 5.60 Å². The van der Waals surface area contributed by atoms with Crippen molar-refractivity contribution >= 4 is 22.8 Å². The minimum atomic E-state index is -1.47. The lowest BCUT2D eigenvalue weighted by Gasteiger charge is -2.30. The Morgan fingerprint density at radius 1 is 1.06 bits per heavy atom. The molecule has 3 aromatic carbocycles. The molecule has 4 aromatic rings. The number of carbonyl (C=O) groups excluding carboxylic acids is 2. The number of carbonyl (C=O) groups is 2. The van der Waals surface area contributed by atoms with Crippen molar-refractivity contribution in [1.82, 2.24) is 19.8 Å². The predicted octanol–water partition coefficient (Wildman–Crippen LogP) is 3.69. The third-order valence-corrected chi connectivity index (χ3v) is 7.00. The number of hydrogen-bond acceptors (Lipinski definition) is 4. The molecule has 2 heterocycles. The number of aliphatic hydroxyl groups is 1. The van der Waals surface area contributed by atoms with E-state index in [1.54, 1.807) is 18.0 Å². The van der Waals surface area contributed by atoms with Crippen LogP contribution in [0.1, 0.15) is 47.1 Å². The molecule has 0 radical (unpaired) electrons. The molecule has 2 amide bonds. The summed E-state index contributed by atoms with van der Waals surface area (Å²) >= 11 is 0. The van der Waals surface area contributed by atoms with Crippen molar-refractivity contribution in [2.45, 2.75) is 38.0 Å². The van der Waals surface area contributed by atoms with Crippen LogP contribution in [0.25, 0.3) is 11.0 Å². The van der Waals surface area contributed by atoms with Gasteiger partial charge < -0.3 is 19.9 Å². The van der Waals surface area contributed by atoms with Gasteiger partial charge in [0.1, 0.15) is 0 Å². The molecule has 184 valence electrons. The minimum absolute atomic E-state index is 0.0798. The lowest BCUT2D eigenvalue weighted by Crippen LogP contribution is -2.48. The average molecular weight is 483 g/mol. The molecular formula is C29H30N4O3. The number of benzene rings is 3. The summed E-state index contributed by atoms with van der Waals surface area (Å²) < 4.78 is 1.97. The van der Waals surface area contributed by atoms with Gasteiger partial charge in [-0.15, -0.1) is 0 Å². The molecule has 0 saturated carbocycles. The Morgan fingerprint density at radius 3 is 2.28 bits per heavy atom. The van der Waals surface area contributed by atoms with Crippen LogP contribution in [0.2, 0.25) is 0 Å². The predicted molar refractivity (Wildman–Crippen MR) is 139 cm³/mol. The highest BCUT2D eigenvalue weighted by Gasteiger charge is 2.38. The topological polar surface area (TPSA) is 87.5 Å². The summed E-state index contributed by atoms with van der Waals surface area (Å²) in [4.78, 5) is 31.4. The number of likely N-dealkylation sites (tertiary alicyclic amines) is 1. The van der Waals surface area contributed by atoms with Crippen LogP contribution in [0.3, 0.4) is 0 Å². The zero-order valence-electron chi connectivity index (χ0n) is 20.5. The first-order valence-corrected chi connectivity index (χ1v) is 12.3. The molecule has 36 heavy (non-hydrogen) atoms. The number of amides is 2. The summed E-state index contributed by atoms with van der Waals surface area (Å²) in [5, 5.41) is 15.3. The van der Waals surface area contributed by atoms with E-state index >= 15 is 0 Å². The Hall–Kier alpha value is -3.97. The molecule has 1 aliphatic rings. The van der Waals surface area contributed by atoms with Crippen molar-refractivity contribution in [3.63, 3.8) is 0 Å². The highest BCUT2D eigenvalue weighted by atomic mass is 16.3. The summed E-state index contributed by atoms with van der Waals surface area (Å²) in [6.07, 6.45) is 1.07. The number of piperidine rings is 1. The van der Waals surface area contributed by atoms with Crippen LogP contribution in [-0.4, -0.2) is 51.0 Å². The van der Waals surface area contributed by atoms with Crippen LogP contribution < -0.4 is 5.32 Å². The first-order valence-electron chi connectivity index (χ1n) is 12.3. The Morgan fingerprint density at radius 2 is 1.69 bits per heavy atom. The number of hydrogen-bond donors (Lipinski definition) is 2. The SMILES string of the molecule is CCn1c(C(O)(c2ccccc2)c2ccccc2)nc2ccc(C(=O)N[C@H]3CCC(=O)N(C)C3)cc21. The smallest absolute Gasteiger partial charge is 0.251 e. The van der Waals surface area contributed by atoms with Gasteiger partial charge in [0.15, 0.2) is 11.4 Å². The quantitative estimate of drug-likeness (QED) is 0.439. The third-order valence-electron chi connectivity index (χ3n) is 7.00. The van der Waals surface area contributed by atoms with Crippen LogP contribution in [0, 0.1) is 0 Å². The molecule has 0 bridgehead atoms. The van der Waals surface area contributed by atoms with E-state index in [1.165, 1.54) is 0 Å². The number of likely N-dealkylation sites (N-methyl/N-ethyl adjacent to an activating group) is 1. The maximum Gasteiger partial charge on any atom is 0.251 e. The second-order valence-corrected chi connectivity index (χ2v) is 9.31. The van der Waals surface area contributed by atoms with Gasteiger partial charge in [0, 0.05) is 38.2 Å². The molecule has 1 atom stereocenters. The number of nitrogens with one attached hydrogen (secondary N) is 1. The number of aryl methyl sites for hydroxylation is 1. The fraction of sp³-hybridized carbons (Fsp3) is 0.276. The summed E-state index contributed by atoms with van der Waals surface area (Å²) in [6, 6.07) is 24.4. The van der Waals surface area contributed by atoms with E-state index in [2.05, 4.69) is 5.32 Å². The van der Waals surface area contributed by atoms with E-state index in [-0.39, 0.29) is 17.9 Å². The molecule has 0 spiro atoms. The van der Waals surface area contributed by atoms with Gasteiger partial charge in [0.25, 0.3) is 5.91 Å². The first kappa shape index (κ1) is 23.8. The highest BCUT2D eigenvalue weighted by Crippen LogP contribution is 2.37. The van der Waals surface area contributed by atoms with Gasteiger partial charge in [-0.05, 0) is 42.7 Å². The fourth-order valence-electron chi connectivity index (χ4n) is 5.04. The summed E-state index contributed by atoms with van der Waals surface area (Å²) in [5.41, 5.74) is 1.97. The van der Waals surface area contributed by atoms with Gasteiger partial charge in [-0.25, -0.2) is 4.98 Å². The normalized spacial score (nSPS) is 16.4. The van der Waals surface area contributed by atoms with Gasteiger partial charge in [0.2, 0.25) is 5.91 Å². The van der Waals surface area contributed by atoms with Gasteiger partial charge >= 0.3 is 0 Å². The molecule has 0 unspecified atom stereocenters. The van der Waals surface area contributed by atoms with E-state index in [4.69, 9.17) is 4.98 Å². The number of nitrogens with zero attached hydrogens (tertiary/aromatic N) is 3. The van der Waals surface area contributed by atoms with Crippen molar-refractivity contribution in [3.05, 3.63) is 101 Å². The van der Waals surface area contributed by atoms with Crippen molar-refractivity contribution in [2.24, 2.45) is 0 Å². The largest absolute Gasteiger partial charge is 0.373 e. The molecule has 1 aromatic heterocycles. The van der Waals surface area contributed by atoms with Crippen LogP contribution in [0.15, 0.2) is 78.9 Å². The second-order valence-electron chi connectivity index (χ2n) is 9.31. The van der Waals surface area contributed by atoms with E-state index in [1.807, 2.05) is 84.3 Å². The number of aromatic nitrogens is 2. The molecule has 2 N–H and O–H groups in total. The molecule has 1 saturated heterocycles. The number of fused-ring (bicyclic) bond motifs is 1. The van der Waals surface area contributed by atoms with Crippen LogP contribution in [0.4, 0.5) is 0 Å². The Bertz CT molecular complexity index is 1360. The van der Waals surface area contributed by atoms with Crippen molar-refractivity contribution < 1.29 is 14.7 Å². The van der Waals surface area contributed by atoms with Crippen LogP contribution in [0.5, 0.6) is 0 Å². The van der Waals surface area contributed by atoms with E-state index in [0.717, 1.165) is 16.6 Å². The maximum atomic E-state index is 13.1. The highest BCUT2D eigenvalue weighted by molar-refractivity contribution is 5.97. The molecule has 0 aliphatic carbocycles. The summed E-state index contributed by atoms with van der Waals surface area (Å²) in [6.45, 7) is 3.07. The van der Waals surface area contributed by atoms with Gasteiger partial charge in [-0.3, -0.25) is 9.59 Å². The van der Waals surface area contributed by atoms with E-state index in [9.17, 15) is 14.7 Å². The average Bonchev–Trinajstić information content (AvgIpc) is 3.29. The van der Waals surface area contributed by atoms with Crippen molar-refractivity contribution in [2.75, 3.05) is 13.6 Å². The van der Waals surface area contributed by atoms with Crippen molar-refractivity contribution in [1.29, 1.82) is 0 Å². The Labute approximate surface area is 210 Å². The second kappa shape index (κ2) is 9.59. The molecule has 1 fully saturated rings. The first-order chi connectivity index (χ1) is 17.4. The van der Waals surface area contributed by atoms with Gasteiger partial charge in [-0.2, -0.15) is 0 Å². The monoisotopic (exact) mass is 482 g/mol. The van der Waals surface area contributed by atoms with Gasteiger partial charge in [-0.1, -0.05) is 60.7 Å². The Balaban J connectivity index is 1.56. The number of imidazole rings is 1. The molecule has 7 heteroatoms. The lowest BCUT2D eigenvalue weighted by atomic mass is 9.85. The molecule has 5 rings (SSSR count). The zero-order valence-corrected chi connectivity index (χ0v) is 20.5. The zero-order chi connectivity index (χ0) is 25.3. The van der Waals surface area contributed by atoms with Gasteiger partial charge in [0.05, 0.1) is 11.0 Å². The lowest BCUT2D eigenvalue weighted by molar-refractivity contribution is -0.132. The summed E-state index contributed by atoms with van der Waals surface area (Å²) in [5.74, 6) is 0.421. The summed E-state index contributed by atoms with van der Waals surface area (Å²) in [7, 11) is 1.76. The van der Waals surface area contributed by atoms with Crippen LogP contribution in [-0.2, 0) is 16.9 Å². The van der Waals surface area contributed by atoms with Crippen molar-refractivity contribution in [3.8, 4) is 0 Å². The molecule has 7 nitrogen and oxygen atoms in total. The van der Waals surface area contributed by atoms with Crippen LogP contribution >= 0.6 is 0 Å². The molecular weight excluding hydrogens is 452 g/mol. The standard InChI is InChI=1S/C29H30N4O3/c1-3-33-25-18-20(27(35)30-23-15-17-26(34)32(2)19-23)14-16-24(25)31-28(33)29(36,21-10-6-4-7-11-21)22-12-8-5-9-13-22/h4-14,16,18,23,36H,3,15,17,19H2,1-2H3,(H,30,35)/t23-/m0/s1.